The van der Waals surface area contributed by atoms with Gasteiger partial charge in [-0.05, 0) is 17.7 Å². The van der Waals surface area contributed by atoms with Crippen molar-refractivity contribution in [3.8, 4) is 0 Å². The molecular weight excluding hydrogens is 206 g/mol. The molecule has 0 aliphatic carbocycles. The summed E-state index contributed by atoms with van der Waals surface area (Å²) in [5.74, 6) is -1.05. The largest absolute Gasteiger partial charge is 1.00 e. The minimum atomic E-state index is -4.26. The smallest absolute Gasteiger partial charge is 0.748 e. The van der Waals surface area contributed by atoms with Crippen LogP contribution in [0.4, 0.5) is 4.39 Å². The molecule has 0 saturated carbocycles. The summed E-state index contributed by atoms with van der Waals surface area (Å²) in [7, 11) is -4.26. The molecule has 13 heavy (non-hydrogen) atoms. The van der Waals surface area contributed by atoms with E-state index in [0.29, 0.717) is 5.56 Å². The molecule has 0 aliphatic rings. The summed E-state index contributed by atoms with van der Waals surface area (Å²) >= 11 is 0. The van der Waals surface area contributed by atoms with Gasteiger partial charge in [-0.3, -0.25) is 0 Å². The summed E-state index contributed by atoms with van der Waals surface area (Å²) in [6.07, 6.45) is 0. The Kier molecular flexibility index (Phi) is 5.09. The zero-order valence-corrected chi connectivity index (χ0v) is 9.84. The van der Waals surface area contributed by atoms with Gasteiger partial charge in [0.05, 0.1) is 15.9 Å². The van der Waals surface area contributed by atoms with Crippen LogP contribution in [0, 0.1) is 5.82 Å². The fourth-order valence-electron chi connectivity index (χ4n) is 0.785. The van der Waals surface area contributed by atoms with Crippen LogP contribution in [0.3, 0.4) is 0 Å². The number of hydrogen-bond acceptors (Lipinski definition) is 3. The van der Waals surface area contributed by atoms with Crippen molar-refractivity contribution in [2.45, 2.75) is 5.75 Å². The summed E-state index contributed by atoms with van der Waals surface area (Å²) in [6.45, 7) is 0. The predicted molar refractivity (Wildman–Crippen MR) is 39.8 cm³/mol. The minimum absolute atomic E-state index is 0. The van der Waals surface area contributed by atoms with Crippen LogP contribution in [0.25, 0.3) is 0 Å². The van der Waals surface area contributed by atoms with Gasteiger partial charge in [0.25, 0.3) is 0 Å². The number of halogens is 1. The summed E-state index contributed by atoms with van der Waals surface area (Å²) in [6, 6.07) is 4.76. The monoisotopic (exact) mass is 212 g/mol. The molecule has 0 amide bonds. The fourth-order valence-corrected chi connectivity index (χ4v) is 1.39. The molecule has 3 nitrogen and oxygen atoms in total. The quantitative estimate of drug-likeness (QED) is 0.416. The molecule has 1 aromatic carbocycles. The van der Waals surface area contributed by atoms with Crippen molar-refractivity contribution >= 4 is 10.1 Å². The summed E-state index contributed by atoms with van der Waals surface area (Å²) < 4.78 is 43.0. The standard InChI is InChI=1S/C7H7FO3S.Na/c8-7-3-1-6(2-4-7)5-12(9,10)11;/h1-4H,5H2,(H,9,10,11);/q;+1/p-1. The van der Waals surface area contributed by atoms with Gasteiger partial charge in [-0.2, -0.15) is 0 Å². The fraction of sp³-hybridized carbons (Fsp3) is 0.143. The number of benzene rings is 1. The van der Waals surface area contributed by atoms with Crippen LogP contribution in [0.5, 0.6) is 0 Å². The Bertz CT molecular complexity index is 360. The third-order valence-corrected chi connectivity index (χ3v) is 1.94. The van der Waals surface area contributed by atoms with Crippen LogP contribution in [0.1, 0.15) is 5.56 Å². The molecule has 6 heteroatoms. The summed E-state index contributed by atoms with van der Waals surface area (Å²) in [5.41, 5.74) is 0.298. The maximum absolute atomic E-state index is 12.3. The van der Waals surface area contributed by atoms with Crippen LogP contribution >= 0.6 is 0 Å². The van der Waals surface area contributed by atoms with E-state index in [1.165, 1.54) is 12.1 Å². The molecule has 0 aliphatic heterocycles. The minimum Gasteiger partial charge on any atom is -0.748 e. The topological polar surface area (TPSA) is 57.2 Å². The number of rotatable bonds is 2. The first-order chi connectivity index (χ1) is 5.47. The van der Waals surface area contributed by atoms with E-state index in [1.807, 2.05) is 0 Å². The predicted octanol–water partition coefficient (Wildman–Crippen LogP) is -2.13. The van der Waals surface area contributed by atoms with Crippen LogP contribution in [-0.4, -0.2) is 13.0 Å². The molecule has 0 spiro atoms. The molecule has 0 heterocycles. The van der Waals surface area contributed by atoms with Gasteiger partial charge in [0.1, 0.15) is 5.82 Å². The van der Waals surface area contributed by atoms with Gasteiger partial charge < -0.3 is 4.55 Å². The zero-order chi connectivity index (χ0) is 9.19. The molecule has 66 valence electrons. The molecule has 0 unspecified atom stereocenters. The molecule has 0 aromatic heterocycles. The Hall–Kier alpha value is 0.0600. The van der Waals surface area contributed by atoms with Gasteiger partial charge in [-0.15, -0.1) is 0 Å². The summed E-state index contributed by atoms with van der Waals surface area (Å²) in [5, 5.41) is 0. The first-order valence-electron chi connectivity index (χ1n) is 3.15. The van der Waals surface area contributed by atoms with E-state index >= 15 is 0 Å². The number of hydrogen-bond donors (Lipinski definition) is 0. The molecule has 1 aromatic rings. The van der Waals surface area contributed by atoms with E-state index in [0.717, 1.165) is 12.1 Å². The molecule has 1 rings (SSSR count). The van der Waals surface area contributed by atoms with Crippen molar-refractivity contribution in [2.75, 3.05) is 0 Å². The van der Waals surface area contributed by atoms with Crippen molar-refractivity contribution in [1.29, 1.82) is 0 Å². The third-order valence-electron chi connectivity index (χ3n) is 1.26. The molecule has 0 atom stereocenters. The normalized spacial score (nSPS) is 10.6. The van der Waals surface area contributed by atoms with E-state index < -0.39 is 21.7 Å². The molecule has 0 saturated heterocycles. The van der Waals surface area contributed by atoms with E-state index in [9.17, 15) is 17.4 Å². The second-order valence-electron chi connectivity index (χ2n) is 2.33. The van der Waals surface area contributed by atoms with Gasteiger partial charge in [-0.25, -0.2) is 12.8 Å². The van der Waals surface area contributed by atoms with Crippen LogP contribution in [0.2, 0.25) is 0 Å². The SMILES string of the molecule is O=S(=O)([O-])Cc1ccc(F)cc1.[Na+]. The maximum atomic E-state index is 12.3. The van der Waals surface area contributed by atoms with E-state index in [1.54, 1.807) is 0 Å². The molecular formula is C7H6FNaO3S. The Morgan fingerprint density at radius 2 is 1.69 bits per heavy atom. The van der Waals surface area contributed by atoms with E-state index in [-0.39, 0.29) is 29.6 Å². The second-order valence-corrected chi connectivity index (χ2v) is 3.73. The van der Waals surface area contributed by atoms with Crippen LogP contribution in [-0.2, 0) is 15.9 Å². The van der Waals surface area contributed by atoms with Gasteiger partial charge in [0.2, 0.25) is 0 Å². The second kappa shape index (κ2) is 5.07. The zero-order valence-electron chi connectivity index (χ0n) is 7.03. The van der Waals surface area contributed by atoms with Gasteiger partial charge in [0.15, 0.2) is 0 Å². The third kappa shape index (κ3) is 5.38. The van der Waals surface area contributed by atoms with Crippen molar-refractivity contribution in [3.05, 3.63) is 35.6 Å². The Labute approximate surface area is 98.0 Å². The van der Waals surface area contributed by atoms with Crippen molar-refractivity contribution in [3.63, 3.8) is 0 Å². The first-order valence-corrected chi connectivity index (χ1v) is 4.73. The van der Waals surface area contributed by atoms with Crippen molar-refractivity contribution in [2.24, 2.45) is 0 Å². The maximum Gasteiger partial charge on any atom is 1.00 e. The van der Waals surface area contributed by atoms with Crippen molar-refractivity contribution < 1.29 is 46.9 Å². The van der Waals surface area contributed by atoms with E-state index in [2.05, 4.69) is 0 Å². The van der Waals surface area contributed by atoms with Crippen molar-refractivity contribution in [1.82, 2.24) is 0 Å². The molecule has 0 radical (unpaired) electrons. The van der Waals surface area contributed by atoms with E-state index in [4.69, 9.17) is 0 Å². The van der Waals surface area contributed by atoms with Gasteiger partial charge in [-0.1, -0.05) is 12.1 Å². The average Bonchev–Trinajstić information content (AvgIpc) is 1.91. The van der Waals surface area contributed by atoms with Gasteiger partial charge in [0, 0.05) is 0 Å². The van der Waals surface area contributed by atoms with Crippen LogP contribution < -0.4 is 29.6 Å². The molecule has 0 fully saturated rings. The van der Waals surface area contributed by atoms with Crippen LogP contribution in [0.15, 0.2) is 24.3 Å². The Balaban J connectivity index is 0.00000144. The van der Waals surface area contributed by atoms with Gasteiger partial charge >= 0.3 is 29.6 Å². The summed E-state index contributed by atoms with van der Waals surface area (Å²) in [4.78, 5) is 0. The Morgan fingerprint density at radius 1 is 1.23 bits per heavy atom. The molecule has 0 bridgehead atoms. The first kappa shape index (κ1) is 13.1. The average molecular weight is 212 g/mol. The molecule has 0 N–H and O–H groups in total. The Morgan fingerprint density at radius 3 is 2.08 bits per heavy atom.